The number of hydrogen-bond donors (Lipinski definition) is 0. The normalized spacial score (nSPS) is 10.8. The number of benzene rings is 3. The van der Waals surface area contributed by atoms with Gasteiger partial charge in [0.25, 0.3) is 0 Å². The second kappa shape index (κ2) is 5.33. The molecule has 0 saturated carbocycles. The van der Waals surface area contributed by atoms with Crippen LogP contribution in [0.3, 0.4) is 0 Å². The Morgan fingerprint density at radius 2 is 1.60 bits per heavy atom. The number of carbonyl (C=O) groups excluding carboxylic acids is 1. The molecule has 0 amide bonds. The lowest BCUT2D eigenvalue weighted by molar-refractivity contribution is 0.0507. The average Bonchev–Trinajstić information content (AvgIpc) is 2.52. The predicted octanol–water partition coefficient (Wildman–Crippen LogP) is 4.56. The summed E-state index contributed by atoms with van der Waals surface area (Å²) in [6, 6.07) is 18.0. The number of carbonyl (C=O) groups is 1. The summed E-state index contributed by atoms with van der Waals surface area (Å²) < 4.78 is 5.30. The fourth-order valence-corrected chi connectivity index (χ4v) is 2.50. The summed E-state index contributed by atoms with van der Waals surface area (Å²) in [5.74, 6) is -0.242. The molecule has 0 aromatic heterocycles. The van der Waals surface area contributed by atoms with Gasteiger partial charge in [0.1, 0.15) is 0 Å². The molecule has 0 unspecified atom stereocenters. The molecule has 0 fully saturated rings. The summed E-state index contributed by atoms with van der Waals surface area (Å²) in [7, 11) is 0. The third-order valence-electron chi connectivity index (χ3n) is 3.43. The van der Waals surface area contributed by atoms with Gasteiger partial charge in [0.05, 0.1) is 12.2 Å². The predicted molar refractivity (Wildman–Crippen MR) is 82.0 cm³/mol. The molecule has 0 aliphatic rings. The highest BCUT2D eigenvalue weighted by Crippen LogP contribution is 2.29. The van der Waals surface area contributed by atoms with Gasteiger partial charge in [-0.05, 0) is 34.0 Å². The van der Waals surface area contributed by atoms with Gasteiger partial charge in [-0.1, -0.05) is 55.5 Å². The second-order valence-corrected chi connectivity index (χ2v) is 4.83. The Morgan fingerprint density at radius 3 is 2.35 bits per heavy atom. The molecule has 0 heterocycles. The van der Waals surface area contributed by atoms with Crippen LogP contribution >= 0.6 is 0 Å². The van der Waals surface area contributed by atoms with E-state index in [0.717, 1.165) is 28.0 Å². The molecule has 0 aliphatic heterocycles. The van der Waals surface area contributed by atoms with Gasteiger partial charge >= 0.3 is 5.97 Å². The number of rotatable bonds is 3. The van der Waals surface area contributed by atoms with Crippen LogP contribution in [0.15, 0.2) is 54.6 Å². The van der Waals surface area contributed by atoms with E-state index in [1.165, 1.54) is 0 Å². The van der Waals surface area contributed by atoms with Gasteiger partial charge in [-0.3, -0.25) is 0 Å². The Kier molecular flexibility index (Phi) is 3.38. The van der Waals surface area contributed by atoms with Crippen molar-refractivity contribution in [1.29, 1.82) is 0 Å². The van der Waals surface area contributed by atoms with Crippen LogP contribution in [0.5, 0.6) is 0 Å². The maximum Gasteiger partial charge on any atom is 0.338 e. The van der Waals surface area contributed by atoms with E-state index in [0.29, 0.717) is 12.2 Å². The van der Waals surface area contributed by atoms with Gasteiger partial charge in [0.2, 0.25) is 0 Å². The van der Waals surface area contributed by atoms with E-state index in [1.807, 2.05) is 55.5 Å². The van der Waals surface area contributed by atoms with Gasteiger partial charge in [-0.25, -0.2) is 4.79 Å². The van der Waals surface area contributed by atoms with E-state index < -0.39 is 0 Å². The van der Waals surface area contributed by atoms with Crippen molar-refractivity contribution in [2.24, 2.45) is 0 Å². The van der Waals surface area contributed by atoms with Crippen molar-refractivity contribution >= 4 is 27.5 Å². The van der Waals surface area contributed by atoms with Crippen LogP contribution in [0.2, 0.25) is 0 Å². The molecule has 0 bridgehead atoms. The third-order valence-corrected chi connectivity index (χ3v) is 3.43. The first-order valence-electron chi connectivity index (χ1n) is 6.89. The molecule has 0 N–H and O–H groups in total. The van der Waals surface area contributed by atoms with Crippen molar-refractivity contribution in [3.05, 3.63) is 60.2 Å². The van der Waals surface area contributed by atoms with Crippen molar-refractivity contribution in [3.63, 3.8) is 0 Å². The highest BCUT2D eigenvalue weighted by atomic mass is 16.5. The lowest BCUT2D eigenvalue weighted by Crippen LogP contribution is -2.06. The zero-order valence-electron chi connectivity index (χ0n) is 11.4. The topological polar surface area (TPSA) is 26.3 Å². The minimum atomic E-state index is -0.242. The van der Waals surface area contributed by atoms with Crippen molar-refractivity contribution in [3.8, 4) is 0 Å². The first-order chi connectivity index (χ1) is 9.81. The minimum absolute atomic E-state index is 0.242. The van der Waals surface area contributed by atoms with E-state index in [2.05, 4.69) is 6.07 Å². The lowest BCUT2D eigenvalue weighted by atomic mass is 9.97. The van der Waals surface area contributed by atoms with Crippen LogP contribution in [0.25, 0.3) is 21.5 Å². The van der Waals surface area contributed by atoms with Gasteiger partial charge < -0.3 is 4.74 Å². The van der Waals surface area contributed by atoms with Crippen molar-refractivity contribution < 1.29 is 9.53 Å². The maximum atomic E-state index is 12.2. The van der Waals surface area contributed by atoms with Crippen molar-refractivity contribution in [1.82, 2.24) is 0 Å². The van der Waals surface area contributed by atoms with Crippen LogP contribution < -0.4 is 0 Å². The molecular weight excluding hydrogens is 248 g/mol. The molecule has 0 spiro atoms. The van der Waals surface area contributed by atoms with E-state index in [9.17, 15) is 4.79 Å². The highest BCUT2D eigenvalue weighted by molar-refractivity contribution is 6.15. The van der Waals surface area contributed by atoms with Crippen LogP contribution in [-0.4, -0.2) is 12.6 Å². The molecule has 0 aliphatic carbocycles. The maximum absolute atomic E-state index is 12.2. The smallest absolute Gasteiger partial charge is 0.338 e. The van der Waals surface area contributed by atoms with Crippen LogP contribution in [0.4, 0.5) is 0 Å². The Hall–Kier alpha value is -2.35. The Morgan fingerprint density at radius 1 is 0.950 bits per heavy atom. The van der Waals surface area contributed by atoms with Gasteiger partial charge in [-0.15, -0.1) is 0 Å². The molecule has 0 radical (unpaired) electrons. The Balaban J connectivity index is 2.26. The number of ether oxygens (including phenoxy) is 1. The van der Waals surface area contributed by atoms with E-state index in [4.69, 9.17) is 4.74 Å². The average molecular weight is 264 g/mol. The van der Waals surface area contributed by atoms with E-state index in [-0.39, 0.29) is 5.97 Å². The van der Waals surface area contributed by atoms with Gasteiger partial charge in [0.15, 0.2) is 0 Å². The third kappa shape index (κ3) is 2.14. The first kappa shape index (κ1) is 12.7. The summed E-state index contributed by atoms with van der Waals surface area (Å²) in [6.07, 6.45) is 0.831. The van der Waals surface area contributed by atoms with Crippen LogP contribution in [0.1, 0.15) is 23.7 Å². The summed E-state index contributed by atoms with van der Waals surface area (Å²) in [5.41, 5.74) is 0.646. The second-order valence-electron chi connectivity index (χ2n) is 4.83. The SMILES string of the molecule is CCCOC(=O)c1cc2ccccc2c2ccccc12. The molecular formula is C18H16O2. The molecule has 0 atom stereocenters. The first-order valence-corrected chi connectivity index (χ1v) is 6.89. The van der Waals surface area contributed by atoms with E-state index >= 15 is 0 Å². The summed E-state index contributed by atoms with van der Waals surface area (Å²) in [4.78, 5) is 12.2. The van der Waals surface area contributed by atoms with Gasteiger partial charge in [0, 0.05) is 0 Å². The monoisotopic (exact) mass is 264 g/mol. The molecule has 100 valence electrons. The number of hydrogen-bond acceptors (Lipinski definition) is 2. The van der Waals surface area contributed by atoms with Crippen LogP contribution in [0, 0.1) is 0 Å². The lowest BCUT2D eigenvalue weighted by Gasteiger charge is -2.10. The highest BCUT2D eigenvalue weighted by Gasteiger charge is 2.13. The van der Waals surface area contributed by atoms with Crippen molar-refractivity contribution in [2.45, 2.75) is 13.3 Å². The molecule has 20 heavy (non-hydrogen) atoms. The molecule has 3 rings (SSSR count). The van der Waals surface area contributed by atoms with Gasteiger partial charge in [-0.2, -0.15) is 0 Å². The fourth-order valence-electron chi connectivity index (χ4n) is 2.50. The largest absolute Gasteiger partial charge is 0.462 e. The number of esters is 1. The number of fused-ring (bicyclic) bond motifs is 3. The van der Waals surface area contributed by atoms with Crippen molar-refractivity contribution in [2.75, 3.05) is 6.61 Å². The molecule has 3 aromatic rings. The van der Waals surface area contributed by atoms with Crippen LogP contribution in [-0.2, 0) is 4.74 Å². The zero-order valence-corrected chi connectivity index (χ0v) is 11.4. The molecule has 2 nitrogen and oxygen atoms in total. The summed E-state index contributed by atoms with van der Waals surface area (Å²) in [5, 5.41) is 4.27. The van der Waals surface area contributed by atoms with E-state index in [1.54, 1.807) is 0 Å². The Labute approximate surface area is 118 Å². The standard InChI is InChI=1S/C18H16O2/c1-2-11-20-18(19)17-12-13-7-3-4-8-14(13)15-9-5-6-10-16(15)17/h3-10,12H,2,11H2,1H3. The summed E-state index contributed by atoms with van der Waals surface area (Å²) >= 11 is 0. The minimum Gasteiger partial charge on any atom is -0.462 e. The Bertz CT molecular complexity index is 775. The quantitative estimate of drug-likeness (QED) is 0.512. The molecule has 3 aromatic carbocycles. The molecule has 2 heteroatoms. The zero-order chi connectivity index (χ0) is 13.9. The summed E-state index contributed by atoms with van der Waals surface area (Å²) in [6.45, 7) is 2.45. The molecule has 0 saturated heterocycles. The fraction of sp³-hybridized carbons (Fsp3) is 0.167.